The molecule has 2 aromatic rings. The number of nitrogens with one attached hydrogen (secondary N) is 1. The molecule has 0 bridgehead atoms. The molecule has 0 unspecified atom stereocenters. The highest BCUT2D eigenvalue weighted by atomic mass is 16.2. The number of carbonyl (C=O) groups is 1. The summed E-state index contributed by atoms with van der Waals surface area (Å²) in [6.45, 7) is 1.15. The van der Waals surface area contributed by atoms with Crippen LogP contribution < -0.4 is 5.32 Å². The molecular weight excluding hydrogens is 254 g/mol. The van der Waals surface area contributed by atoms with Crippen LogP contribution in [0.15, 0.2) is 36.5 Å². The lowest BCUT2D eigenvalue weighted by Crippen LogP contribution is -2.28. The van der Waals surface area contributed by atoms with E-state index in [0.29, 0.717) is 19.5 Å². The van der Waals surface area contributed by atoms with Gasteiger partial charge < -0.3 is 10.2 Å². The van der Waals surface area contributed by atoms with Crippen LogP contribution in [0.25, 0.3) is 5.69 Å². The molecule has 1 aromatic heterocycles. The zero-order valence-electron chi connectivity index (χ0n) is 11.8. The van der Waals surface area contributed by atoms with Crippen LogP contribution in [0.1, 0.15) is 12.1 Å². The van der Waals surface area contributed by atoms with Crippen LogP contribution >= 0.6 is 0 Å². The molecule has 0 radical (unpaired) electrons. The molecule has 0 spiro atoms. The van der Waals surface area contributed by atoms with E-state index in [1.807, 2.05) is 37.4 Å². The van der Waals surface area contributed by atoms with Crippen LogP contribution in [0.4, 0.5) is 0 Å². The van der Waals surface area contributed by atoms with Gasteiger partial charge in [0.1, 0.15) is 5.69 Å². The first-order chi connectivity index (χ1) is 9.70. The van der Waals surface area contributed by atoms with E-state index in [0.717, 1.165) is 11.4 Å². The predicted molar refractivity (Wildman–Crippen MR) is 76.4 cm³/mol. The molecule has 0 saturated heterocycles. The van der Waals surface area contributed by atoms with E-state index >= 15 is 0 Å². The number of carbonyl (C=O) groups excluding carboxylic acids is 1. The average molecular weight is 273 g/mol. The van der Waals surface area contributed by atoms with Gasteiger partial charge in [-0.05, 0) is 19.2 Å². The number of nitrogens with zero attached hydrogens (tertiary/aromatic N) is 4. The van der Waals surface area contributed by atoms with Crippen molar-refractivity contribution in [3.05, 3.63) is 42.2 Å². The first-order valence-electron chi connectivity index (χ1n) is 6.56. The molecule has 1 amide bonds. The summed E-state index contributed by atoms with van der Waals surface area (Å²) >= 11 is 0. The molecule has 0 atom stereocenters. The van der Waals surface area contributed by atoms with Gasteiger partial charge in [-0.25, -0.2) is 0 Å². The van der Waals surface area contributed by atoms with Crippen LogP contribution in [0.2, 0.25) is 0 Å². The van der Waals surface area contributed by atoms with Gasteiger partial charge in [0.25, 0.3) is 0 Å². The van der Waals surface area contributed by atoms with Crippen molar-refractivity contribution in [1.82, 2.24) is 25.2 Å². The van der Waals surface area contributed by atoms with E-state index in [2.05, 4.69) is 15.5 Å². The van der Waals surface area contributed by atoms with Crippen molar-refractivity contribution in [3.63, 3.8) is 0 Å². The largest absolute Gasteiger partial charge is 0.340 e. The summed E-state index contributed by atoms with van der Waals surface area (Å²) in [5.74, 6) is 0.0913. The van der Waals surface area contributed by atoms with E-state index in [4.69, 9.17) is 0 Å². The standard InChI is InChI=1S/C14H19N5O/c1-15-9-8-14(20)18(2)11-12-10-16-19(17-12)13-6-4-3-5-7-13/h3-7,10,15H,8-9,11H2,1-2H3. The maximum absolute atomic E-state index is 11.8. The fourth-order valence-electron chi connectivity index (χ4n) is 1.81. The summed E-state index contributed by atoms with van der Waals surface area (Å²) in [5.41, 5.74) is 1.68. The second-order valence-corrected chi connectivity index (χ2v) is 4.56. The van der Waals surface area contributed by atoms with Gasteiger partial charge in [-0.15, -0.1) is 0 Å². The average Bonchev–Trinajstić information content (AvgIpc) is 2.94. The van der Waals surface area contributed by atoms with Crippen LogP contribution in [0.3, 0.4) is 0 Å². The normalized spacial score (nSPS) is 10.5. The summed E-state index contributed by atoms with van der Waals surface area (Å²) in [6, 6.07) is 9.69. The Labute approximate surface area is 118 Å². The molecule has 6 nitrogen and oxygen atoms in total. The van der Waals surface area contributed by atoms with E-state index in [1.165, 1.54) is 0 Å². The molecule has 1 aromatic carbocycles. The maximum Gasteiger partial charge on any atom is 0.223 e. The first kappa shape index (κ1) is 14.2. The molecule has 106 valence electrons. The van der Waals surface area contributed by atoms with Gasteiger partial charge in [-0.3, -0.25) is 4.79 Å². The van der Waals surface area contributed by atoms with Gasteiger partial charge in [0.15, 0.2) is 0 Å². The zero-order chi connectivity index (χ0) is 14.4. The molecule has 0 aliphatic rings. The highest BCUT2D eigenvalue weighted by Gasteiger charge is 2.11. The number of para-hydroxylation sites is 1. The number of hydrogen-bond acceptors (Lipinski definition) is 4. The molecular formula is C14H19N5O. The first-order valence-corrected chi connectivity index (χ1v) is 6.56. The van der Waals surface area contributed by atoms with Gasteiger partial charge in [0.2, 0.25) is 5.91 Å². The number of aromatic nitrogens is 3. The van der Waals surface area contributed by atoms with Crippen molar-refractivity contribution >= 4 is 5.91 Å². The van der Waals surface area contributed by atoms with Crippen molar-refractivity contribution in [2.24, 2.45) is 0 Å². The summed E-state index contributed by atoms with van der Waals surface area (Å²) in [4.78, 5) is 15.0. The van der Waals surface area contributed by atoms with Crippen LogP contribution in [0, 0.1) is 0 Å². The van der Waals surface area contributed by atoms with Crippen LogP contribution in [0.5, 0.6) is 0 Å². The highest BCUT2D eigenvalue weighted by Crippen LogP contribution is 2.06. The third-order valence-corrected chi connectivity index (χ3v) is 2.94. The summed E-state index contributed by atoms with van der Waals surface area (Å²) in [5, 5.41) is 11.6. The zero-order valence-corrected chi connectivity index (χ0v) is 11.8. The highest BCUT2D eigenvalue weighted by molar-refractivity contribution is 5.75. The van der Waals surface area contributed by atoms with Gasteiger partial charge in [-0.2, -0.15) is 15.0 Å². The van der Waals surface area contributed by atoms with E-state index in [-0.39, 0.29) is 5.91 Å². The predicted octanol–water partition coefficient (Wildman–Crippen LogP) is 0.835. The maximum atomic E-state index is 11.8. The second-order valence-electron chi connectivity index (χ2n) is 4.56. The molecule has 0 aliphatic heterocycles. The number of rotatable bonds is 6. The molecule has 6 heteroatoms. The molecule has 1 heterocycles. The Hall–Kier alpha value is -2.21. The monoisotopic (exact) mass is 273 g/mol. The van der Waals surface area contributed by atoms with E-state index in [1.54, 1.807) is 22.9 Å². The Bertz CT molecular complexity index is 552. The van der Waals surface area contributed by atoms with Gasteiger partial charge in [0, 0.05) is 20.0 Å². The van der Waals surface area contributed by atoms with Crippen molar-refractivity contribution < 1.29 is 4.79 Å². The third kappa shape index (κ3) is 3.64. The van der Waals surface area contributed by atoms with Crippen molar-refractivity contribution in [2.45, 2.75) is 13.0 Å². The number of amides is 1. The molecule has 0 aliphatic carbocycles. The van der Waals surface area contributed by atoms with Gasteiger partial charge >= 0.3 is 0 Å². The Morgan fingerprint density at radius 2 is 2.10 bits per heavy atom. The Morgan fingerprint density at radius 3 is 2.80 bits per heavy atom. The Kier molecular flexibility index (Phi) is 4.84. The lowest BCUT2D eigenvalue weighted by Gasteiger charge is -2.15. The number of benzene rings is 1. The Morgan fingerprint density at radius 1 is 1.35 bits per heavy atom. The second kappa shape index (κ2) is 6.81. The minimum Gasteiger partial charge on any atom is -0.340 e. The van der Waals surface area contributed by atoms with Gasteiger partial charge in [0.05, 0.1) is 18.4 Å². The van der Waals surface area contributed by atoms with Crippen molar-refractivity contribution in [2.75, 3.05) is 20.6 Å². The van der Waals surface area contributed by atoms with Crippen LogP contribution in [-0.2, 0) is 11.3 Å². The summed E-state index contributed by atoms with van der Waals surface area (Å²) in [7, 11) is 3.61. The molecule has 0 saturated carbocycles. The third-order valence-electron chi connectivity index (χ3n) is 2.94. The number of hydrogen-bond donors (Lipinski definition) is 1. The Balaban J connectivity index is 1.98. The van der Waals surface area contributed by atoms with Crippen molar-refractivity contribution in [1.29, 1.82) is 0 Å². The van der Waals surface area contributed by atoms with Crippen LogP contribution in [-0.4, -0.2) is 46.4 Å². The fraction of sp³-hybridized carbons (Fsp3) is 0.357. The smallest absolute Gasteiger partial charge is 0.223 e. The SMILES string of the molecule is CNCCC(=O)N(C)Cc1cnn(-c2ccccc2)n1. The lowest BCUT2D eigenvalue weighted by atomic mass is 10.3. The fourth-order valence-corrected chi connectivity index (χ4v) is 1.81. The lowest BCUT2D eigenvalue weighted by molar-refractivity contribution is -0.130. The van der Waals surface area contributed by atoms with E-state index in [9.17, 15) is 4.79 Å². The molecule has 2 rings (SSSR count). The minimum atomic E-state index is 0.0913. The molecule has 20 heavy (non-hydrogen) atoms. The van der Waals surface area contributed by atoms with E-state index < -0.39 is 0 Å². The minimum absolute atomic E-state index is 0.0913. The summed E-state index contributed by atoms with van der Waals surface area (Å²) in [6.07, 6.45) is 2.18. The van der Waals surface area contributed by atoms with Crippen molar-refractivity contribution in [3.8, 4) is 5.69 Å². The molecule has 1 N–H and O–H groups in total. The molecule has 0 fully saturated rings. The summed E-state index contributed by atoms with van der Waals surface area (Å²) < 4.78 is 0. The topological polar surface area (TPSA) is 63.1 Å². The van der Waals surface area contributed by atoms with Gasteiger partial charge in [-0.1, -0.05) is 18.2 Å². The quantitative estimate of drug-likeness (QED) is 0.847.